The summed E-state index contributed by atoms with van der Waals surface area (Å²) in [6.07, 6.45) is 6.02. The van der Waals surface area contributed by atoms with Crippen molar-refractivity contribution >= 4 is 52.3 Å². The molecule has 1 aromatic carbocycles. The van der Waals surface area contributed by atoms with Gasteiger partial charge < -0.3 is 49.0 Å². The Balaban J connectivity index is 2.10. The second-order valence-electron chi connectivity index (χ2n) is 10.2. The van der Waals surface area contributed by atoms with Crippen LogP contribution in [0.2, 0.25) is 0 Å². The lowest BCUT2D eigenvalue weighted by molar-refractivity contribution is -0.142. The number of hydrogen-bond acceptors (Lipinski definition) is 8. The molecular weight excluding hydrogens is 574 g/mol. The van der Waals surface area contributed by atoms with Gasteiger partial charge in [0.2, 0.25) is 17.7 Å². The molecule has 2 aromatic rings. The first-order valence-electron chi connectivity index (χ1n) is 14.3. The monoisotopic (exact) mass is 619 g/mol. The van der Waals surface area contributed by atoms with Gasteiger partial charge >= 0.3 is 5.97 Å². The van der Waals surface area contributed by atoms with Gasteiger partial charge in [-0.15, -0.1) is 0 Å². The molecule has 3 amide bonds. The van der Waals surface area contributed by atoms with E-state index in [2.05, 4.69) is 25.9 Å². The number of H-pyrrole nitrogens is 1. The van der Waals surface area contributed by atoms with Crippen LogP contribution in [0.3, 0.4) is 0 Å². The molecule has 14 nitrogen and oxygen atoms in total. The predicted octanol–water partition coefficient (Wildman–Crippen LogP) is -0.488. The summed E-state index contributed by atoms with van der Waals surface area (Å²) in [4.78, 5) is 58.4. The Morgan fingerprint density at radius 3 is 2.21 bits per heavy atom. The number of benzene rings is 1. The minimum Gasteiger partial charge on any atom is -0.480 e. The van der Waals surface area contributed by atoms with Crippen molar-refractivity contribution in [3.63, 3.8) is 0 Å². The Kier molecular flexibility index (Phi) is 15.4. The summed E-state index contributed by atoms with van der Waals surface area (Å²) in [7, 11) is 0. The molecule has 238 valence electrons. The number of aromatic nitrogens is 1. The highest BCUT2D eigenvalue weighted by atomic mass is 32.2. The minimum absolute atomic E-state index is 0.0854. The molecule has 0 aliphatic heterocycles. The number of amides is 3. The van der Waals surface area contributed by atoms with Gasteiger partial charge in [0.25, 0.3) is 0 Å². The Bertz CT molecular complexity index is 1230. The molecule has 0 spiro atoms. The first-order valence-corrected chi connectivity index (χ1v) is 15.7. The number of rotatable bonds is 20. The van der Waals surface area contributed by atoms with Crippen molar-refractivity contribution in [1.29, 1.82) is 0 Å². The number of nitrogens with two attached hydrogens (primary N) is 4. The van der Waals surface area contributed by atoms with Crippen LogP contribution in [0.4, 0.5) is 0 Å². The van der Waals surface area contributed by atoms with Crippen LogP contribution in [0, 0.1) is 0 Å². The van der Waals surface area contributed by atoms with E-state index < -0.39 is 47.9 Å². The first kappa shape index (κ1) is 35.4. The molecule has 0 radical (unpaired) electrons. The highest BCUT2D eigenvalue weighted by Crippen LogP contribution is 2.19. The van der Waals surface area contributed by atoms with Gasteiger partial charge in [-0.3, -0.25) is 19.4 Å². The molecule has 4 atom stereocenters. The minimum atomic E-state index is -1.22. The highest BCUT2D eigenvalue weighted by Gasteiger charge is 2.30. The van der Waals surface area contributed by atoms with Crippen molar-refractivity contribution in [3.8, 4) is 0 Å². The van der Waals surface area contributed by atoms with E-state index in [1.165, 1.54) is 11.8 Å². The standard InChI is InChI=1S/C28H45N9O5S/c1-43-14-11-22(35-24(38)19(30)15-17-16-34-20-8-3-2-7-18(17)20)26(40)36-21(9-4-5-12-29)25(39)37-23(27(41)42)10-6-13-33-28(31)32/h2-3,7-8,16,19,21-23,34H,4-6,9-15,29-30H2,1H3,(H,35,38)(H,36,40)(H,37,39)(H,41,42)(H4,31,32,33). The van der Waals surface area contributed by atoms with E-state index in [-0.39, 0.29) is 31.8 Å². The van der Waals surface area contributed by atoms with Crippen molar-refractivity contribution < 1.29 is 24.3 Å². The number of unbranched alkanes of at least 4 members (excludes halogenated alkanes) is 1. The van der Waals surface area contributed by atoms with E-state index in [0.29, 0.717) is 38.0 Å². The van der Waals surface area contributed by atoms with E-state index in [1.807, 2.05) is 36.7 Å². The smallest absolute Gasteiger partial charge is 0.326 e. The Hall–Kier alpha value is -3.82. The molecule has 2 rings (SSSR count). The lowest BCUT2D eigenvalue weighted by Crippen LogP contribution is -2.57. The van der Waals surface area contributed by atoms with Crippen LogP contribution in [0.15, 0.2) is 35.5 Å². The zero-order valence-corrected chi connectivity index (χ0v) is 25.3. The molecule has 43 heavy (non-hydrogen) atoms. The van der Waals surface area contributed by atoms with Crippen molar-refractivity contribution in [1.82, 2.24) is 20.9 Å². The van der Waals surface area contributed by atoms with Gasteiger partial charge in [0.15, 0.2) is 5.96 Å². The number of thioether (sulfide) groups is 1. The fraction of sp³-hybridized carbons (Fsp3) is 0.536. The molecule has 1 heterocycles. The fourth-order valence-corrected chi connectivity index (χ4v) is 4.95. The van der Waals surface area contributed by atoms with Crippen LogP contribution < -0.4 is 38.9 Å². The molecule has 4 unspecified atom stereocenters. The number of aliphatic carboxylic acids is 1. The van der Waals surface area contributed by atoms with E-state index in [4.69, 9.17) is 22.9 Å². The lowest BCUT2D eigenvalue weighted by atomic mass is 10.0. The number of nitrogens with zero attached hydrogens (tertiary/aromatic N) is 1. The third-order valence-corrected chi connectivity index (χ3v) is 7.48. The molecule has 15 heteroatoms. The summed E-state index contributed by atoms with van der Waals surface area (Å²) in [5.74, 6) is -2.47. The number of carboxylic acids is 1. The largest absolute Gasteiger partial charge is 0.480 e. The SMILES string of the molecule is CSCCC(NC(=O)C(N)Cc1c[nH]c2ccccc12)C(=O)NC(CCCCN)C(=O)NC(CCCN=C(N)N)C(=O)O. The lowest BCUT2D eigenvalue weighted by Gasteiger charge is -2.25. The van der Waals surface area contributed by atoms with Crippen LogP contribution in [-0.4, -0.2) is 89.0 Å². The van der Waals surface area contributed by atoms with Gasteiger partial charge in [-0.05, 0) is 75.1 Å². The number of aliphatic imine (C=N–C) groups is 1. The number of carboxylic acid groups (broad SMARTS) is 1. The van der Waals surface area contributed by atoms with Crippen molar-refractivity contribution in [2.24, 2.45) is 27.9 Å². The third-order valence-electron chi connectivity index (χ3n) is 6.83. The number of fused-ring (bicyclic) bond motifs is 1. The molecule has 0 aliphatic rings. The first-order chi connectivity index (χ1) is 20.6. The molecule has 1 aromatic heterocycles. The van der Waals surface area contributed by atoms with E-state index in [1.54, 1.807) is 0 Å². The zero-order valence-electron chi connectivity index (χ0n) is 24.5. The van der Waals surface area contributed by atoms with Gasteiger partial charge in [-0.2, -0.15) is 11.8 Å². The van der Waals surface area contributed by atoms with Crippen LogP contribution in [0.25, 0.3) is 10.9 Å². The number of carbonyl (C=O) groups is 4. The summed E-state index contributed by atoms with van der Waals surface area (Å²) in [5, 5.41) is 18.6. The van der Waals surface area contributed by atoms with Crippen LogP contribution in [0.5, 0.6) is 0 Å². The van der Waals surface area contributed by atoms with Gasteiger partial charge in [0.1, 0.15) is 18.1 Å². The molecule has 0 fully saturated rings. The maximum Gasteiger partial charge on any atom is 0.326 e. The van der Waals surface area contributed by atoms with E-state index in [9.17, 15) is 24.3 Å². The number of guanidine groups is 1. The second-order valence-corrected chi connectivity index (χ2v) is 11.2. The zero-order chi connectivity index (χ0) is 31.8. The molecule has 13 N–H and O–H groups in total. The van der Waals surface area contributed by atoms with Crippen molar-refractivity contribution in [3.05, 3.63) is 36.0 Å². The average Bonchev–Trinajstić information content (AvgIpc) is 3.38. The van der Waals surface area contributed by atoms with Gasteiger partial charge in [0.05, 0.1) is 6.04 Å². The summed E-state index contributed by atoms with van der Waals surface area (Å²) < 4.78 is 0. The predicted molar refractivity (Wildman–Crippen MR) is 169 cm³/mol. The second kappa shape index (κ2) is 18.7. The Morgan fingerprint density at radius 2 is 1.56 bits per heavy atom. The van der Waals surface area contributed by atoms with Crippen LogP contribution in [0.1, 0.15) is 44.1 Å². The average molecular weight is 620 g/mol. The third kappa shape index (κ3) is 12.1. The molecule has 0 saturated carbocycles. The van der Waals surface area contributed by atoms with E-state index in [0.717, 1.165) is 16.5 Å². The number of carbonyl (C=O) groups excluding carboxylic acids is 3. The number of hydrogen-bond donors (Lipinski definition) is 9. The van der Waals surface area contributed by atoms with Crippen LogP contribution >= 0.6 is 11.8 Å². The molecule has 0 bridgehead atoms. The molecular formula is C28H45N9O5S. The van der Waals surface area contributed by atoms with E-state index >= 15 is 0 Å². The Morgan fingerprint density at radius 1 is 0.930 bits per heavy atom. The summed E-state index contributed by atoms with van der Waals surface area (Å²) in [5.41, 5.74) is 24.3. The summed E-state index contributed by atoms with van der Waals surface area (Å²) in [6, 6.07) is 3.58. The molecule has 0 aliphatic carbocycles. The number of aromatic amines is 1. The summed E-state index contributed by atoms with van der Waals surface area (Å²) in [6.45, 7) is 0.601. The quantitative estimate of drug-likeness (QED) is 0.0522. The maximum atomic E-state index is 13.4. The Labute approximate surface area is 255 Å². The van der Waals surface area contributed by atoms with Gasteiger partial charge in [-0.1, -0.05) is 18.2 Å². The maximum absolute atomic E-state index is 13.4. The fourth-order valence-electron chi connectivity index (χ4n) is 4.48. The molecule has 0 saturated heterocycles. The van der Waals surface area contributed by atoms with Gasteiger partial charge in [-0.25, -0.2) is 4.79 Å². The summed E-state index contributed by atoms with van der Waals surface area (Å²) >= 11 is 1.50. The highest BCUT2D eigenvalue weighted by molar-refractivity contribution is 7.98. The topological polar surface area (TPSA) is 257 Å². The van der Waals surface area contributed by atoms with Gasteiger partial charge in [0, 0.05) is 23.6 Å². The normalized spacial score (nSPS) is 13.8. The van der Waals surface area contributed by atoms with Crippen molar-refractivity contribution in [2.75, 3.05) is 25.1 Å². The number of nitrogens with one attached hydrogen (secondary N) is 4. The van der Waals surface area contributed by atoms with Crippen molar-refractivity contribution in [2.45, 2.75) is 69.1 Å². The van der Waals surface area contributed by atoms with Crippen LogP contribution in [-0.2, 0) is 25.6 Å². The number of para-hydroxylation sites is 1.